The van der Waals surface area contributed by atoms with Crippen LogP contribution >= 0.6 is 0 Å². The van der Waals surface area contributed by atoms with E-state index in [9.17, 15) is 4.79 Å². The summed E-state index contributed by atoms with van der Waals surface area (Å²) in [5, 5.41) is 2.94. The number of methoxy groups -OCH3 is 1. The van der Waals surface area contributed by atoms with E-state index < -0.39 is 0 Å². The molecule has 0 spiro atoms. The molecule has 1 aromatic carbocycles. The van der Waals surface area contributed by atoms with E-state index in [0.717, 1.165) is 17.0 Å². The molecule has 23 heavy (non-hydrogen) atoms. The van der Waals surface area contributed by atoms with Gasteiger partial charge >= 0.3 is 0 Å². The van der Waals surface area contributed by atoms with Gasteiger partial charge in [0.1, 0.15) is 6.61 Å². The molecule has 1 atom stereocenters. The van der Waals surface area contributed by atoms with Crippen LogP contribution in [0.2, 0.25) is 0 Å². The first-order chi connectivity index (χ1) is 11.3. The van der Waals surface area contributed by atoms with Crippen LogP contribution in [0.15, 0.2) is 36.8 Å². The van der Waals surface area contributed by atoms with Crippen molar-refractivity contribution in [3.63, 3.8) is 0 Å². The number of rotatable bonds is 5. The van der Waals surface area contributed by atoms with Crippen molar-refractivity contribution in [1.29, 1.82) is 0 Å². The van der Waals surface area contributed by atoms with Crippen LogP contribution in [0.5, 0.6) is 11.5 Å². The van der Waals surface area contributed by atoms with Crippen LogP contribution in [-0.2, 0) is 17.6 Å². The number of nitrogens with zero attached hydrogens (tertiary/aromatic N) is 2. The van der Waals surface area contributed by atoms with Gasteiger partial charge in [0.15, 0.2) is 11.5 Å². The number of amides is 1. The number of para-hydroxylation sites is 1. The highest BCUT2D eigenvalue weighted by Gasteiger charge is 2.27. The summed E-state index contributed by atoms with van der Waals surface area (Å²) in [5.41, 5.74) is 1.87. The molecule has 1 aliphatic heterocycles. The summed E-state index contributed by atoms with van der Waals surface area (Å²) in [6.07, 6.45) is 6.31. The first kappa shape index (κ1) is 15.3. The average Bonchev–Trinajstić information content (AvgIpc) is 2.61. The summed E-state index contributed by atoms with van der Waals surface area (Å²) in [4.78, 5) is 20.5. The highest BCUT2D eigenvalue weighted by Crippen LogP contribution is 2.35. The first-order valence-corrected chi connectivity index (χ1v) is 7.59. The van der Waals surface area contributed by atoms with Gasteiger partial charge in [-0.1, -0.05) is 12.1 Å². The van der Waals surface area contributed by atoms with Gasteiger partial charge in [0, 0.05) is 31.6 Å². The number of aromatic nitrogens is 2. The molecule has 0 radical (unpaired) electrons. The third-order valence-corrected chi connectivity index (χ3v) is 3.84. The summed E-state index contributed by atoms with van der Waals surface area (Å²) < 4.78 is 11.0. The van der Waals surface area contributed by atoms with Gasteiger partial charge in [-0.3, -0.25) is 14.8 Å². The Morgan fingerprint density at radius 2 is 2.35 bits per heavy atom. The van der Waals surface area contributed by atoms with Crippen LogP contribution in [0, 0.1) is 5.92 Å². The molecule has 0 saturated heterocycles. The Bertz CT molecular complexity index is 676. The van der Waals surface area contributed by atoms with Crippen molar-refractivity contribution in [2.24, 2.45) is 5.92 Å². The molecular formula is C17H19N3O3. The van der Waals surface area contributed by atoms with Gasteiger partial charge < -0.3 is 14.8 Å². The topological polar surface area (TPSA) is 73.3 Å². The fourth-order valence-electron chi connectivity index (χ4n) is 2.64. The molecule has 6 nitrogen and oxygen atoms in total. The maximum atomic E-state index is 12.3. The van der Waals surface area contributed by atoms with Crippen molar-refractivity contribution in [3.05, 3.63) is 48.0 Å². The van der Waals surface area contributed by atoms with E-state index in [0.29, 0.717) is 31.7 Å². The Kier molecular flexibility index (Phi) is 4.71. The van der Waals surface area contributed by atoms with Gasteiger partial charge in [0.25, 0.3) is 0 Å². The van der Waals surface area contributed by atoms with Gasteiger partial charge in [0.2, 0.25) is 5.91 Å². The van der Waals surface area contributed by atoms with Gasteiger partial charge in [-0.15, -0.1) is 0 Å². The number of carbonyl (C=O) groups is 1. The fraction of sp³-hybridized carbons (Fsp3) is 0.353. The first-order valence-electron chi connectivity index (χ1n) is 7.59. The molecule has 0 saturated carbocycles. The van der Waals surface area contributed by atoms with Crippen LogP contribution in [0.3, 0.4) is 0 Å². The van der Waals surface area contributed by atoms with Crippen molar-refractivity contribution in [2.75, 3.05) is 20.3 Å². The number of benzene rings is 1. The molecule has 1 amide bonds. The van der Waals surface area contributed by atoms with Crippen LogP contribution in [0.1, 0.15) is 11.3 Å². The Hall–Kier alpha value is -2.63. The van der Waals surface area contributed by atoms with Crippen molar-refractivity contribution in [3.8, 4) is 11.5 Å². The van der Waals surface area contributed by atoms with Crippen LogP contribution in [0.4, 0.5) is 0 Å². The molecular weight excluding hydrogens is 294 g/mol. The van der Waals surface area contributed by atoms with Crippen molar-refractivity contribution in [2.45, 2.75) is 12.8 Å². The van der Waals surface area contributed by atoms with E-state index >= 15 is 0 Å². The van der Waals surface area contributed by atoms with E-state index in [1.54, 1.807) is 25.7 Å². The van der Waals surface area contributed by atoms with E-state index in [4.69, 9.17) is 9.47 Å². The lowest BCUT2D eigenvalue weighted by Crippen LogP contribution is -2.38. The summed E-state index contributed by atoms with van der Waals surface area (Å²) >= 11 is 0. The summed E-state index contributed by atoms with van der Waals surface area (Å²) in [7, 11) is 1.62. The highest BCUT2D eigenvalue weighted by molar-refractivity contribution is 5.79. The van der Waals surface area contributed by atoms with Gasteiger partial charge in [-0.2, -0.15) is 0 Å². The van der Waals surface area contributed by atoms with Crippen LogP contribution in [-0.4, -0.2) is 36.1 Å². The molecule has 120 valence electrons. The minimum absolute atomic E-state index is 0.00219. The minimum Gasteiger partial charge on any atom is -0.493 e. The number of carbonyl (C=O) groups excluding carboxylic acids is 1. The monoisotopic (exact) mass is 313 g/mol. The average molecular weight is 313 g/mol. The normalized spacial score (nSPS) is 16.1. The smallest absolute Gasteiger partial charge is 0.226 e. The second kappa shape index (κ2) is 7.09. The molecule has 1 aliphatic rings. The quantitative estimate of drug-likeness (QED) is 0.903. The van der Waals surface area contributed by atoms with Crippen molar-refractivity contribution >= 4 is 5.91 Å². The Morgan fingerprint density at radius 3 is 3.13 bits per heavy atom. The third kappa shape index (κ3) is 3.59. The van der Waals surface area contributed by atoms with Crippen LogP contribution < -0.4 is 14.8 Å². The third-order valence-electron chi connectivity index (χ3n) is 3.84. The molecule has 1 N–H and O–H groups in total. The molecule has 0 unspecified atom stereocenters. The predicted molar refractivity (Wildman–Crippen MR) is 84.4 cm³/mol. The summed E-state index contributed by atoms with van der Waals surface area (Å²) in [5.74, 6) is 1.28. The molecule has 3 rings (SSSR count). The Labute approximate surface area is 134 Å². The lowest BCUT2D eigenvalue weighted by molar-refractivity contribution is -0.126. The summed E-state index contributed by atoms with van der Waals surface area (Å²) in [6.45, 7) is 0.906. The number of hydrogen-bond donors (Lipinski definition) is 1. The Morgan fingerprint density at radius 1 is 1.43 bits per heavy atom. The maximum absolute atomic E-state index is 12.3. The number of nitrogens with one attached hydrogen (secondary N) is 1. The van der Waals surface area contributed by atoms with Crippen LogP contribution in [0.25, 0.3) is 0 Å². The molecule has 6 heteroatoms. The molecule has 2 heterocycles. The SMILES string of the molecule is COc1cccc2c1OC[C@@H](C(=O)NCCc1cnccn1)C2. The zero-order chi connectivity index (χ0) is 16.1. The number of fused-ring (bicyclic) bond motifs is 1. The van der Waals surface area contributed by atoms with E-state index in [1.807, 2.05) is 18.2 Å². The van der Waals surface area contributed by atoms with E-state index in [-0.39, 0.29) is 11.8 Å². The Balaban J connectivity index is 1.55. The molecule has 0 aliphatic carbocycles. The van der Waals surface area contributed by atoms with Gasteiger partial charge in [0.05, 0.1) is 18.7 Å². The standard InChI is InChI=1S/C17H19N3O3/c1-22-15-4-2-3-12-9-13(11-23-16(12)15)17(21)20-6-5-14-10-18-7-8-19-14/h2-4,7-8,10,13H,5-6,9,11H2,1H3,(H,20,21)/t13-/m0/s1. The molecule has 0 fully saturated rings. The highest BCUT2D eigenvalue weighted by atomic mass is 16.5. The zero-order valence-electron chi connectivity index (χ0n) is 13.0. The van der Waals surface area contributed by atoms with Crippen molar-refractivity contribution < 1.29 is 14.3 Å². The molecule has 0 bridgehead atoms. The fourth-order valence-corrected chi connectivity index (χ4v) is 2.64. The van der Waals surface area contributed by atoms with Gasteiger partial charge in [-0.05, 0) is 18.1 Å². The second-order valence-electron chi connectivity index (χ2n) is 5.40. The second-order valence-corrected chi connectivity index (χ2v) is 5.40. The largest absolute Gasteiger partial charge is 0.493 e. The van der Waals surface area contributed by atoms with Crippen molar-refractivity contribution in [1.82, 2.24) is 15.3 Å². The number of hydrogen-bond acceptors (Lipinski definition) is 5. The van der Waals surface area contributed by atoms with Gasteiger partial charge in [-0.25, -0.2) is 0 Å². The van der Waals surface area contributed by atoms with E-state index in [1.165, 1.54) is 0 Å². The molecule has 1 aromatic heterocycles. The summed E-state index contributed by atoms with van der Waals surface area (Å²) in [6, 6.07) is 5.74. The van der Waals surface area contributed by atoms with E-state index in [2.05, 4.69) is 15.3 Å². The predicted octanol–water partition coefficient (Wildman–Crippen LogP) is 1.40. The minimum atomic E-state index is -0.184. The number of ether oxygens (including phenoxy) is 2. The lowest BCUT2D eigenvalue weighted by atomic mass is 9.95. The molecule has 2 aromatic rings. The lowest BCUT2D eigenvalue weighted by Gasteiger charge is -2.25. The maximum Gasteiger partial charge on any atom is 0.226 e. The zero-order valence-corrected chi connectivity index (χ0v) is 13.0.